The largest absolute Gasteiger partial charge is 0.139 e. The van der Waals surface area contributed by atoms with E-state index in [0.29, 0.717) is 0 Å². The quantitative estimate of drug-likeness (QED) is 0.606. The average molecular weight is 226 g/mol. The van der Waals surface area contributed by atoms with E-state index < -0.39 is 0 Å². The number of fused-ring (bicyclic) bond motifs is 4. The Morgan fingerprint density at radius 1 is 1.00 bits per heavy atom. The maximum atomic E-state index is 2.30. The van der Waals surface area contributed by atoms with E-state index in [1.807, 2.05) is 11.3 Å². The molecule has 1 aromatic heterocycles. The maximum Gasteiger partial charge on any atom is 0.0352 e. The van der Waals surface area contributed by atoms with E-state index in [1.54, 1.807) is 21.6 Å². The molecule has 1 heterocycles. The standard InChI is InChI=1S/C15H14S/c1-2-6-11-10(5-1)9-14-15(11)12-7-3-4-8-13(12)16-14/h3-4,7-8H,1-2,5-6,9H2. The molecule has 1 aromatic carbocycles. The molecule has 0 radical (unpaired) electrons. The minimum atomic E-state index is 1.25. The summed E-state index contributed by atoms with van der Waals surface area (Å²) in [6.45, 7) is 0. The van der Waals surface area contributed by atoms with Crippen molar-refractivity contribution in [3.05, 3.63) is 40.3 Å². The van der Waals surface area contributed by atoms with Gasteiger partial charge in [-0.3, -0.25) is 0 Å². The highest BCUT2D eigenvalue weighted by Crippen LogP contribution is 2.48. The number of hydrogen-bond acceptors (Lipinski definition) is 1. The maximum absolute atomic E-state index is 2.30. The van der Waals surface area contributed by atoms with Crippen LogP contribution >= 0.6 is 11.3 Å². The predicted molar refractivity (Wildman–Crippen MR) is 70.9 cm³/mol. The summed E-state index contributed by atoms with van der Waals surface area (Å²) < 4.78 is 1.48. The van der Waals surface area contributed by atoms with Crippen molar-refractivity contribution in [3.63, 3.8) is 0 Å². The van der Waals surface area contributed by atoms with Crippen LogP contribution in [0.25, 0.3) is 15.7 Å². The number of allylic oxidation sites excluding steroid dienone is 2. The van der Waals surface area contributed by atoms with Gasteiger partial charge in [0.25, 0.3) is 0 Å². The van der Waals surface area contributed by atoms with Gasteiger partial charge in [0, 0.05) is 21.4 Å². The molecule has 0 nitrogen and oxygen atoms in total. The Labute approximate surface area is 99.6 Å². The van der Waals surface area contributed by atoms with Crippen molar-refractivity contribution >= 4 is 27.0 Å². The number of rotatable bonds is 0. The summed E-state index contributed by atoms with van der Waals surface area (Å²) in [7, 11) is 0. The molecule has 0 amide bonds. The molecule has 0 aliphatic heterocycles. The highest BCUT2D eigenvalue weighted by atomic mass is 32.1. The second-order valence-corrected chi connectivity index (χ2v) is 6.00. The lowest BCUT2D eigenvalue weighted by molar-refractivity contribution is 0.711. The Balaban J connectivity index is 2.02. The molecular weight excluding hydrogens is 212 g/mol. The second kappa shape index (κ2) is 3.21. The van der Waals surface area contributed by atoms with Crippen LogP contribution in [0.1, 0.15) is 36.1 Å². The van der Waals surface area contributed by atoms with Gasteiger partial charge in [-0.1, -0.05) is 23.8 Å². The molecule has 2 aromatic rings. The minimum absolute atomic E-state index is 1.25. The first-order valence-corrected chi connectivity index (χ1v) is 6.97. The average Bonchev–Trinajstić information content (AvgIpc) is 2.83. The lowest BCUT2D eigenvalue weighted by atomic mass is 9.91. The van der Waals surface area contributed by atoms with Crippen molar-refractivity contribution in [2.75, 3.05) is 0 Å². The van der Waals surface area contributed by atoms with Gasteiger partial charge in [-0.2, -0.15) is 0 Å². The van der Waals surface area contributed by atoms with Gasteiger partial charge in [-0.25, -0.2) is 0 Å². The number of hydrogen-bond donors (Lipinski definition) is 0. The Morgan fingerprint density at radius 2 is 1.88 bits per heavy atom. The molecule has 16 heavy (non-hydrogen) atoms. The zero-order valence-corrected chi connectivity index (χ0v) is 10.1. The first kappa shape index (κ1) is 9.00. The van der Waals surface area contributed by atoms with E-state index in [1.165, 1.54) is 42.2 Å². The van der Waals surface area contributed by atoms with E-state index in [2.05, 4.69) is 24.3 Å². The van der Waals surface area contributed by atoms with Gasteiger partial charge in [-0.15, -0.1) is 11.3 Å². The smallest absolute Gasteiger partial charge is 0.0352 e. The lowest BCUT2D eigenvalue weighted by Crippen LogP contribution is -1.94. The fraction of sp³-hybridized carbons (Fsp3) is 0.333. The van der Waals surface area contributed by atoms with Gasteiger partial charge < -0.3 is 0 Å². The monoisotopic (exact) mass is 226 g/mol. The molecule has 0 saturated heterocycles. The molecule has 2 aliphatic rings. The summed E-state index contributed by atoms with van der Waals surface area (Å²) in [5.41, 5.74) is 5.08. The van der Waals surface area contributed by atoms with Gasteiger partial charge in [0.05, 0.1) is 0 Å². The summed E-state index contributed by atoms with van der Waals surface area (Å²) in [6, 6.07) is 8.90. The van der Waals surface area contributed by atoms with Crippen LogP contribution in [0.15, 0.2) is 29.8 Å². The Hall–Kier alpha value is -1.08. The van der Waals surface area contributed by atoms with Crippen LogP contribution in [0.3, 0.4) is 0 Å². The highest BCUT2D eigenvalue weighted by molar-refractivity contribution is 7.19. The number of benzene rings is 1. The van der Waals surface area contributed by atoms with Crippen LogP contribution in [0, 0.1) is 0 Å². The molecule has 0 N–H and O–H groups in total. The van der Waals surface area contributed by atoms with Gasteiger partial charge in [-0.05, 0) is 42.9 Å². The van der Waals surface area contributed by atoms with Crippen LogP contribution in [-0.2, 0) is 6.42 Å². The van der Waals surface area contributed by atoms with Gasteiger partial charge in [0.1, 0.15) is 0 Å². The second-order valence-electron chi connectivity index (χ2n) is 4.86. The Bertz CT molecular complexity index is 601. The summed E-state index contributed by atoms with van der Waals surface area (Å²) in [4.78, 5) is 1.63. The molecule has 4 rings (SSSR count). The zero-order valence-electron chi connectivity index (χ0n) is 9.25. The first-order chi connectivity index (χ1) is 7.93. The van der Waals surface area contributed by atoms with E-state index in [0.717, 1.165) is 0 Å². The summed E-state index contributed by atoms with van der Waals surface area (Å²) >= 11 is 2.01. The van der Waals surface area contributed by atoms with Crippen LogP contribution in [0.4, 0.5) is 0 Å². The van der Waals surface area contributed by atoms with Gasteiger partial charge in [0.2, 0.25) is 0 Å². The van der Waals surface area contributed by atoms with Crippen molar-refractivity contribution in [2.45, 2.75) is 32.1 Å². The Kier molecular flexibility index (Phi) is 1.80. The van der Waals surface area contributed by atoms with Crippen molar-refractivity contribution in [1.82, 2.24) is 0 Å². The summed E-state index contributed by atoms with van der Waals surface area (Å²) in [5.74, 6) is 0. The van der Waals surface area contributed by atoms with Crippen LogP contribution in [-0.4, -0.2) is 0 Å². The third-order valence-electron chi connectivity index (χ3n) is 3.93. The molecule has 0 bridgehead atoms. The van der Waals surface area contributed by atoms with Gasteiger partial charge >= 0.3 is 0 Å². The minimum Gasteiger partial charge on any atom is -0.139 e. The SMILES string of the molecule is c1ccc2c3c(sc2c1)CC1=C3CCCC1. The molecule has 0 unspecified atom stereocenters. The fourth-order valence-electron chi connectivity index (χ4n) is 3.21. The molecule has 1 heteroatoms. The number of thiophene rings is 1. The van der Waals surface area contributed by atoms with E-state index in [9.17, 15) is 0 Å². The van der Waals surface area contributed by atoms with Crippen LogP contribution < -0.4 is 0 Å². The van der Waals surface area contributed by atoms with Crippen molar-refractivity contribution in [2.24, 2.45) is 0 Å². The van der Waals surface area contributed by atoms with E-state index in [-0.39, 0.29) is 0 Å². The van der Waals surface area contributed by atoms with Crippen LogP contribution in [0.2, 0.25) is 0 Å². The van der Waals surface area contributed by atoms with Crippen molar-refractivity contribution in [3.8, 4) is 0 Å². The molecule has 0 atom stereocenters. The molecule has 0 saturated carbocycles. The van der Waals surface area contributed by atoms with Gasteiger partial charge in [0.15, 0.2) is 0 Å². The highest BCUT2D eigenvalue weighted by Gasteiger charge is 2.27. The fourth-order valence-corrected chi connectivity index (χ4v) is 4.48. The van der Waals surface area contributed by atoms with E-state index in [4.69, 9.17) is 0 Å². The van der Waals surface area contributed by atoms with Crippen molar-refractivity contribution < 1.29 is 0 Å². The molecular formula is C15H14S. The topological polar surface area (TPSA) is 0 Å². The third-order valence-corrected chi connectivity index (χ3v) is 5.10. The molecule has 0 spiro atoms. The molecule has 0 fully saturated rings. The predicted octanol–water partition coefficient (Wildman–Crippen LogP) is 4.79. The Morgan fingerprint density at radius 3 is 2.88 bits per heavy atom. The third kappa shape index (κ3) is 1.10. The van der Waals surface area contributed by atoms with Crippen molar-refractivity contribution in [1.29, 1.82) is 0 Å². The summed E-state index contributed by atoms with van der Waals surface area (Å²) in [5, 5.41) is 1.51. The zero-order chi connectivity index (χ0) is 10.5. The summed E-state index contributed by atoms with van der Waals surface area (Å²) in [6.07, 6.45) is 6.73. The molecule has 80 valence electrons. The lowest BCUT2D eigenvalue weighted by Gasteiger charge is -2.14. The van der Waals surface area contributed by atoms with E-state index >= 15 is 0 Å². The molecule has 2 aliphatic carbocycles. The van der Waals surface area contributed by atoms with Crippen LogP contribution in [0.5, 0.6) is 0 Å². The normalized spacial score (nSPS) is 19.0. The first-order valence-electron chi connectivity index (χ1n) is 6.15.